The molecule has 1 aliphatic heterocycles. The van der Waals surface area contributed by atoms with Crippen molar-refractivity contribution in [2.75, 3.05) is 26.1 Å². The third-order valence-corrected chi connectivity index (χ3v) is 8.53. The predicted molar refractivity (Wildman–Crippen MR) is 144 cm³/mol. The molecule has 3 fully saturated rings. The third kappa shape index (κ3) is 4.96. The molecule has 0 spiro atoms. The summed E-state index contributed by atoms with van der Waals surface area (Å²) in [5.74, 6) is 0.636. The number of benzene rings is 2. The molecule has 5 rings (SSSR count). The molecule has 2 saturated carbocycles. The Morgan fingerprint density at radius 3 is 2.24 bits per heavy atom. The van der Waals surface area contributed by atoms with E-state index in [-0.39, 0.29) is 23.6 Å². The smallest absolute Gasteiger partial charge is 0.256 e. The van der Waals surface area contributed by atoms with Crippen LogP contribution in [0.25, 0.3) is 0 Å². The van der Waals surface area contributed by atoms with Crippen LogP contribution >= 0.6 is 0 Å². The number of hydrogen-bond acceptors (Lipinski definition) is 5. The number of methoxy groups -OCH3 is 2. The maximum Gasteiger partial charge on any atom is 0.256 e. The molecular formula is C30H37N3O5. The number of nitrogens with zero attached hydrogens (tertiary/aromatic N) is 1. The number of rotatable bonds is 8. The second kappa shape index (κ2) is 10.7. The first kappa shape index (κ1) is 26.1. The van der Waals surface area contributed by atoms with Crippen LogP contribution in [0.4, 0.5) is 5.69 Å². The van der Waals surface area contributed by atoms with Gasteiger partial charge in [-0.05, 0) is 74.4 Å². The maximum absolute atomic E-state index is 13.3. The van der Waals surface area contributed by atoms with Crippen LogP contribution in [0.3, 0.4) is 0 Å². The minimum Gasteiger partial charge on any atom is -0.493 e. The van der Waals surface area contributed by atoms with E-state index < -0.39 is 5.54 Å². The molecule has 2 aromatic carbocycles. The number of ether oxygens (including phenoxy) is 2. The molecule has 38 heavy (non-hydrogen) atoms. The van der Waals surface area contributed by atoms with E-state index >= 15 is 0 Å². The molecular weight excluding hydrogens is 482 g/mol. The minimum atomic E-state index is -0.413. The fourth-order valence-corrected chi connectivity index (χ4v) is 6.13. The highest BCUT2D eigenvalue weighted by Gasteiger charge is 2.44. The highest BCUT2D eigenvalue weighted by molar-refractivity contribution is 6.05. The zero-order valence-electron chi connectivity index (χ0n) is 22.5. The molecule has 0 radical (unpaired) electrons. The lowest BCUT2D eigenvalue weighted by molar-refractivity contribution is -0.131. The molecule has 2 aliphatic carbocycles. The van der Waals surface area contributed by atoms with Gasteiger partial charge in [-0.25, -0.2) is 0 Å². The van der Waals surface area contributed by atoms with Gasteiger partial charge in [-0.15, -0.1) is 0 Å². The second-order valence-electron chi connectivity index (χ2n) is 10.9. The summed E-state index contributed by atoms with van der Waals surface area (Å²) in [5, 5.41) is 6.26. The molecule has 8 nitrogen and oxygen atoms in total. The number of hydrogen-bond donors (Lipinski definition) is 2. The normalized spacial score (nSPS) is 20.7. The van der Waals surface area contributed by atoms with Crippen LogP contribution in [0.2, 0.25) is 0 Å². The average molecular weight is 520 g/mol. The summed E-state index contributed by atoms with van der Waals surface area (Å²) in [5.41, 5.74) is 2.57. The molecule has 3 amide bonds. The van der Waals surface area contributed by atoms with Gasteiger partial charge in [-0.3, -0.25) is 14.4 Å². The molecule has 3 aliphatic rings. The topological polar surface area (TPSA) is 97.0 Å². The molecule has 1 atom stereocenters. The van der Waals surface area contributed by atoms with Gasteiger partial charge in [0.15, 0.2) is 11.5 Å². The summed E-state index contributed by atoms with van der Waals surface area (Å²) < 4.78 is 10.7. The lowest BCUT2D eigenvalue weighted by atomic mass is 9.71. The van der Waals surface area contributed by atoms with E-state index in [0.717, 1.165) is 43.2 Å². The summed E-state index contributed by atoms with van der Waals surface area (Å²) in [6.45, 7) is 2.39. The predicted octanol–water partition coefficient (Wildman–Crippen LogP) is 4.55. The fraction of sp³-hybridized carbons (Fsp3) is 0.500. The zero-order valence-corrected chi connectivity index (χ0v) is 22.5. The first-order valence-corrected chi connectivity index (χ1v) is 13.6. The molecule has 0 aromatic heterocycles. The Hall–Kier alpha value is -3.55. The van der Waals surface area contributed by atoms with Crippen molar-refractivity contribution < 1.29 is 23.9 Å². The van der Waals surface area contributed by atoms with Crippen molar-refractivity contribution >= 4 is 23.4 Å². The lowest BCUT2D eigenvalue weighted by Gasteiger charge is -2.43. The van der Waals surface area contributed by atoms with Crippen molar-refractivity contribution in [1.29, 1.82) is 0 Å². The van der Waals surface area contributed by atoms with Gasteiger partial charge < -0.3 is 25.0 Å². The van der Waals surface area contributed by atoms with Gasteiger partial charge >= 0.3 is 0 Å². The van der Waals surface area contributed by atoms with Crippen molar-refractivity contribution in [3.8, 4) is 11.5 Å². The van der Waals surface area contributed by atoms with Crippen LogP contribution in [0.15, 0.2) is 36.4 Å². The number of aryl methyl sites for hydroxylation is 1. The van der Waals surface area contributed by atoms with Gasteiger partial charge in [-0.1, -0.05) is 25.0 Å². The highest BCUT2D eigenvalue weighted by Crippen LogP contribution is 2.42. The fourth-order valence-electron chi connectivity index (χ4n) is 6.13. The third-order valence-electron chi connectivity index (χ3n) is 8.53. The Bertz CT molecular complexity index is 1220. The summed E-state index contributed by atoms with van der Waals surface area (Å²) in [6.07, 6.45) is 7.51. The maximum atomic E-state index is 13.3. The molecule has 1 heterocycles. The Labute approximate surface area is 224 Å². The zero-order chi connectivity index (χ0) is 26.9. The monoisotopic (exact) mass is 519 g/mol. The van der Waals surface area contributed by atoms with E-state index in [9.17, 15) is 14.4 Å². The summed E-state index contributed by atoms with van der Waals surface area (Å²) >= 11 is 0. The molecule has 2 N–H and O–H groups in total. The lowest BCUT2D eigenvalue weighted by Crippen LogP contribution is -2.52. The SMILES string of the molecule is COc1cc(C)c(C(=O)Nc2ccc(C3(NC(=O)C4CC(=O)N(C5CCCC5)C4)CCC3)cc2)cc1OC. The van der Waals surface area contributed by atoms with Crippen LogP contribution in [0, 0.1) is 12.8 Å². The number of amides is 3. The van der Waals surface area contributed by atoms with Gasteiger partial charge in [0.05, 0.1) is 25.7 Å². The second-order valence-corrected chi connectivity index (χ2v) is 10.9. The summed E-state index contributed by atoms with van der Waals surface area (Å²) in [7, 11) is 3.10. The van der Waals surface area contributed by atoms with Gasteiger partial charge in [0, 0.05) is 30.3 Å². The summed E-state index contributed by atoms with van der Waals surface area (Å²) in [4.78, 5) is 40.8. The average Bonchev–Trinajstić information content (AvgIpc) is 3.56. The van der Waals surface area contributed by atoms with Crippen molar-refractivity contribution in [2.45, 2.75) is 69.9 Å². The first-order chi connectivity index (χ1) is 18.3. The molecule has 1 unspecified atom stereocenters. The molecule has 8 heteroatoms. The van der Waals surface area contributed by atoms with Crippen LogP contribution < -0.4 is 20.1 Å². The van der Waals surface area contributed by atoms with Gasteiger partial charge in [0.1, 0.15) is 0 Å². The molecule has 1 saturated heterocycles. The Morgan fingerprint density at radius 2 is 1.63 bits per heavy atom. The van der Waals surface area contributed by atoms with Gasteiger partial charge in [-0.2, -0.15) is 0 Å². The van der Waals surface area contributed by atoms with Crippen molar-refractivity contribution in [1.82, 2.24) is 10.2 Å². The Morgan fingerprint density at radius 1 is 0.974 bits per heavy atom. The van der Waals surface area contributed by atoms with Crippen molar-refractivity contribution in [2.24, 2.45) is 5.92 Å². The number of carbonyl (C=O) groups is 3. The number of carbonyl (C=O) groups excluding carboxylic acids is 3. The molecule has 202 valence electrons. The number of anilines is 1. The van der Waals surface area contributed by atoms with E-state index in [2.05, 4.69) is 10.6 Å². The molecule has 0 bridgehead atoms. The summed E-state index contributed by atoms with van der Waals surface area (Å²) in [6, 6.07) is 11.5. The van der Waals surface area contributed by atoms with E-state index in [1.165, 1.54) is 12.8 Å². The standard InChI is InChI=1S/C30H37N3O5/c1-19-15-25(37-2)26(38-3)17-24(19)29(36)31-22-11-9-21(10-12-22)30(13-6-14-30)32-28(35)20-16-27(34)33(18-20)23-7-4-5-8-23/h9-12,15,17,20,23H,4-8,13-14,16,18H2,1-3H3,(H,31,36)(H,32,35). The number of nitrogens with one attached hydrogen (secondary N) is 2. The largest absolute Gasteiger partial charge is 0.493 e. The van der Waals surface area contributed by atoms with Crippen LogP contribution in [0.5, 0.6) is 11.5 Å². The van der Waals surface area contributed by atoms with Crippen molar-refractivity contribution in [3.05, 3.63) is 53.1 Å². The van der Waals surface area contributed by atoms with Crippen LogP contribution in [-0.2, 0) is 15.1 Å². The van der Waals surface area contributed by atoms with E-state index in [1.54, 1.807) is 26.4 Å². The van der Waals surface area contributed by atoms with E-state index in [0.29, 0.717) is 41.8 Å². The highest BCUT2D eigenvalue weighted by atomic mass is 16.5. The van der Waals surface area contributed by atoms with Gasteiger partial charge in [0.25, 0.3) is 5.91 Å². The van der Waals surface area contributed by atoms with Crippen molar-refractivity contribution in [3.63, 3.8) is 0 Å². The van der Waals surface area contributed by atoms with Crippen LogP contribution in [-0.4, -0.2) is 49.4 Å². The number of likely N-dealkylation sites (tertiary alicyclic amines) is 1. The molecule has 2 aromatic rings. The van der Waals surface area contributed by atoms with E-state index in [1.807, 2.05) is 36.1 Å². The van der Waals surface area contributed by atoms with Gasteiger partial charge in [0.2, 0.25) is 11.8 Å². The minimum absolute atomic E-state index is 0.0279. The first-order valence-electron chi connectivity index (χ1n) is 13.6. The van der Waals surface area contributed by atoms with Crippen LogP contribution in [0.1, 0.15) is 72.9 Å². The quantitative estimate of drug-likeness (QED) is 0.533. The van der Waals surface area contributed by atoms with E-state index in [4.69, 9.17) is 9.47 Å². The Kier molecular flexibility index (Phi) is 7.32. The Balaban J connectivity index is 1.24.